The Morgan fingerprint density at radius 2 is 2.18 bits per heavy atom. The average Bonchev–Trinajstić information content (AvgIpc) is 3.34. The maximum absolute atomic E-state index is 12.5. The van der Waals surface area contributed by atoms with Crippen LogP contribution in [0.2, 0.25) is 0 Å². The van der Waals surface area contributed by atoms with Gasteiger partial charge in [0.15, 0.2) is 0 Å². The third kappa shape index (κ3) is 4.07. The van der Waals surface area contributed by atoms with Crippen LogP contribution < -0.4 is 0 Å². The highest BCUT2D eigenvalue weighted by Crippen LogP contribution is 2.35. The molecule has 118 valence electrons. The molecule has 1 aromatic carbocycles. The Hall–Kier alpha value is -0.940. The van der Waals surface area contributed by atoms with E-state index in [0.717, 1.165) is 22.4 Å². The SMILES string of the molecule is CC(C)CN(C(=O)CSC1=Nc2ccccc2CS1)C1CC1. The second-order valence-electron chi connectivity index (χ2n) is 6.25. The molecule has 1 aliphatic heterocycles. The Labute approximate surface area is 140 Å². The van der Waals surface area contributed by atoms with Crippen LogP contribution in [0.1, 0.15) is 32.3 Å². The Morgan fingerprint density at radius 3 is 2.91 bits per heavy atom. The van der Waals surface area contributed by atoms with Gasteiger partial charge in [-0.2, -0.15) is 0 Å². The molecular formula is C17H22N2OS2. The van der Waals surface area contributed by atoms with Crippen molar-refractivity contribution in [3.63, 3.8) is 0 Å². The molecule has 2 aliphatic rings. The number of carbonyl (C=O) groups is 1. The fourth-order valence-corrected chi connectivity index (χ4v) is 4.48. The van der Waals surface area contributed by atoms with Gasteiger partial charge < -0.3 is 4.90 Å². The van der Waals surface area contributed by atoms with Crippen LogP contribution in [0, 0.1) is 5.92 Å². The minimum Gasteiger partial charge on any atom is -0.339 e. The van der Waals surface area contributed by atoms with Crippen molar-refractivity contribution < 1.29 is 4.79 Å². The Kier molecular flexibility index (Phi) is 5.14. The molecule has 0 radical (unpaired) electrons. The van der Waals surface area contributed by atoms with Gasteiger partial charge >= 0.3 is 0 Å². The summed E-state index contributed by atoms with van der Waals surface area (Å²) in [5.41, 5.74) is 2.33. The van der Waals surface area contributed by atoms with Crippen LogP contribution in [0.15, 0.2) is 29.3 Å². The summed E-state index contributed by atoms with van der Waals surface area (Å²) < 4.78 is 1.02. The van der Waals surface area contributed by atoms with E-state index in [2.05, 4.69) is 35.9 Å². The predicted octanol–water partition coefficient (Wildman–Crippen LogP) is 4.30. The molecule has 1 aliphatic carbocycles. The molecule has 3 nitrogen and oxygen atoms in total. The standard InChI is InChI=1S/C17H22N2OS2/c1-12(2)9-19(14-7-8-14)16(20)11-22-17-18-15-6-4-3-5-13(15)10-21-17/h3-6,12,14H,7-11H2,1-2H3. The van der Waals surface area contributed by atoms with E-state index in [0.29, 0.717) is 17.7 Å². The third-order valence-electron chi connectivity index (χ3n) is 3.74. The number of rotatable bonds is 5. The quantitative estimate of drug-likeness (QED) is 0.805. The third-order valence-corrected chi connectivity index (χ3v) is 5.97. The summed E-state index contributed by atoms with van der Waals surface area (Å²) in [6.07, 6.45) is 2.35. The molecule has 1 heterocycles. The summed E-state index contributed by atoms with van der Waals surface area (Å²) in [4.78, 5) is 19.2. The van der Waals surface area contributed by atoms with E-state index in [9.17, 15) is 4.79 Å². The summed E-state index contributed by atoms with van der Waals surface area (Å²) in [6, 6.07) is 8.74. The van der Waals surface area contributed by atoms with Gasteiger partial charge in [-0.25, -0.2) is 4.99 Å². The van der Waals surface area contributed by atoms with Gasteiger partial charge in [0.2, 0.25) is 5.91 Å². The maximum Gasteiger partial charge on any atom is 0.233 e. The van der Waals surface area contributed by atoms with Crippen molar-refractivity contribution in [2.45, 2.75) is 38.5 Å². The van der Waals surface area contributed by atoms with Crippen molar-refractivity contribution in [2.75, 3.05) is 12.3 Å². The van der Waals surface area contributed by atoms with Crippen molar-refractivity contribution in [2.24, 2.45) is 10.9 Å². The van der Waals surface area contributed by atoms with E-state index in [-0.39, 0.29) is 5.91 Å². The smallest absolute Gasteiger partial charge is 0.233 e. The van der Waals surface area contributed by atoms with Crippen LogP contribution in [0.5, 0.6) is 0 Å². The number of amides is 1. The second-order valence-corrected chi connectivity index (χ2v) is 8.44. The fraction of sp³-hybridized carbons (Fsp3) is 0.529. The minimum absolute atomic E-state index is 0.267. The van der Waals surface area contributed by atoms with Gasteiger partial charge in [-0.05, 0) is 30.4 Å². The van der Waals surface area contributed by atoms with E-state index < -0.39 is 0 Å². The largest absolute Gasteiger partial charge is 0.339 e. The molecule has 1 saturated carbocycles. The lowest BCUT2D eigenvalue weighted by Gasteiger charge is -2.24. The van der Waals surface area contributed by atoms with E-state index in [4.69, 9.17) is 0 Å². The normalized spacial score (nSPS) is 17.1. The van der Waals surface area contributed by atoms with Crippen molar-refractivity contribution >= 4 is 39.5 Å². The predicted molar refractivity (Wildman–Crippen MR) is 96.9 cm³/mol. The van der Waals surface area contributed by atoms with E-state index in [1.165, 1.54) is 18.4 Å². The zero-order valence-corrected chi connectivity index (χ0v) is 14.8. The number of hydrogen-bond acceptors (Lipinski definition) is 4. The van der Waals surface area contributed by atoms with Crippen molar-refractivity contribution in [3.05, 3.63) is 29.8 Å². The van der Waals surface area contributed by atoms with Crippen LogP contribution >= 0.6 is 23.5 Å². The van der Waals surface area contributed by atoms with Gasteiger partial charge in [0, 0.05) is 18.3 Å². The topological polar surface area (TPSA) is 32.7 Å². The van der Waals surface area contributed by atoms with Crippen molar-refractivity contribution in [3.8, 4) is 0 Å². The van der Waals surface area contributed by atoms with E-state index in [1.807, 2.05) is 12.1 Å². The van der Waals surface area contributed by atoms with Gasteiger partial charge in [-0.3, -0.25) is 4.79 Å². The molecule has 0 spiro atoms. The lowest BCUT2D eigenvalue weighted by Crippen LogP contribution is -2.37. The second kappa shape index (κ2) is 7.09. The molecule has 0 saturated heterocycles. The lowest BCUT2D eigenvalue weighted by molar-refractivity contribution is -0.129. The molecule has 0 aromatic heterocycles. The Morgan fingerprint density at radius 1 is 1.41 bits per heavy atom. The van der Waals surface area contributed by atoms with Crippen LogP contribution in [0.25, 0.3) is 0 Å². The highest BCUT2D eigenvalue weighted by atomic mass is 32.2. The number of benzene rings is 1. The van der Waals surface area contributed by atoms with Gasteiger partial charge in [-0.15, -0.1) is 0 Å². The van der Waals surface area contributed by atoms with Crippen LogP contribution in [0.3, 0.4) is 0 Å². The molecule has 5 heteroatoms. The first kappa shape index (κ1) is 15.9. The first-order valence-corrected chi connectivity index (χ1v) is 9.82. The summed E-state index contributed by atoms with van der Waals surface area (Å²) in [6.45, 7) is 5.23. The molecule has 0 N–H and O–H groups in total. The molecule has 1 fully saturated rings. The summed E-state index contributed by atoms with van der Waals surface area (Å²) in [5.74, 6) is 2.26. The van der Waals surface area contributed by atoms with Gasteiger partial charge in [0.1, 0.15) is 4.38 Å². The minimum atomic E-state index is 0.267. The molecule has 22 heavy (non-hydrogen) atoms. The van der Waals surface area contributed by atoms with E-state index >= 15 is 0 Å². The first-order chi connectivity index (χ1) is 10.6. The molecule has 1 amide bonds. The molecule has 0 unspecified atom stereocenters. The molecule has 0 bridgehead atoms. The van der Waals surface area contributed by atoms with Gasteiger partial charge in [0.25, 0.3) is 0 Å². The van der Waals surface area contributed by atoms with Crippen molar-refractivity contribution in [1.29, 1.82) is 0 Å². The van der Waals surface area contributed by atoms with Crippen LogP contribution in [0.4, 0.5) is 5.69 Å². The monoisotopic (exact) mass is 334 g/mol. The zero-order chi connectivity index (χ0) is 15.5. The van der Waals surface area contributed by atoms with Crippen molar-refractivity contribution in [1.82, 2.24) is 4.90 Å². The average molecular weight is 335 g/mol. The number of fused-ring (bicyclic) bond motifs is 1. The summed E-state index contributed by atoms with van der Waals surface area (Å²) in [7, 11) is 0. The summed E-state index contributed by atoms with van der Waals surface area (Å²) >= 11 is 3.33. The molecule has 0 atom stereocenters. The Bertz CT molecular complexity index is 582. The highest BCUT2D eigenvalue weighted by Gasteiger charge is 2.32. The van der Waals surface area contributed by atoms with Crippen LogP contribution in [-0.4, -0.2) is 33.5 Å². The lowest BCUT2D eigenvalue weighted by atomic mass is 10.2. The Balaban J connectivity index is 1.58. The fourth-order valence-electron chi connectivity index (χ4n) is 2.53. The number of hydrogen-bond donors (Lipinski definition) is 0. The number of para-hydroxylation sites is 1. The molecule has 1 aromatic rings. The highest BCUT2D eigenvalue weighted by molar-refractivity contribution is 8.38. The van der Waals surface area contributed by atoms with Gasteiger partial charge in [0.05, 0.1) is 11.4 Å². The van der Waals surface area contributed by atoms with E-state index in [1.54, 1.807) is 23.5 Å². The zero-order valence-electron chi connectivity index (χ0n) is 13.1. The number of nitrogens with zero attached hydrogens (tertiary/aromatic N) is 2. The first-order valence-electron chi connectivity index (χ1n) is 7.85. The maximum atomic E-state index is 12.5. The number of thioether (sulfide) groups is 2. The van der Waals surface area contributed by atoms with Gasteiger partial charge in [-0.1, -0.05) is 55.6 Å². The summed E-state index contributed by atoms with van der Waals surface area (Å²) in [5, 5.41) is 0. The van der Waals surface area contributed by atoms with Crippen LogP contribution in [-0.2, 0) is 10.5 Å². The number of aliphatic imine (C=N–C) groups is 1. The molecular weight excluding hydrogens is 312 g/mol. The molecule has 3 rings (SSSR count). The number of carbonyl (C=O) groups excluding carboxylic acids is 1.